The number of halogens is 1. The van der Waals surface area contributed by atoms with Crippen molar-refractivity contribution in [2.24, 2.45) is 0 Å². The van der Waals surface area contributed by atoms with E-state index in [-0.39, 0.29) is 24.2 Å². The molecule has 1 saturated heterocycles. The van der Waals surface area contributed by atoms with Crippen LogP contribution in [0.25, 0.3) is 6.08 Å². The van der Waals surface area contributed by atoms with Gasteiger partial charge in [0.15, 0.2) is 0 Å². The fourth-order valence-corrected chi connectivity index (χ4v) is 5.06. The normalized spacial score (nSPS) is 17.1. The van der Waals surface area contributed by atoms with Crippen molar-refractivity contribution >= 4 is 35.3 Å². The van der Waals surface area contributed by atoms with Crippen LogP contribution in [0.5, 0.6) is 0 Å². The molecule has 3 aromatic rings. The van der Waals surface area contributed by atoms with Gasteiger partial charge in [-0.05, 0) is 47.5 Å². The Kier molecular flexibility index (Phi) is 6.47. The Hall–Kier alpha value is -3.42. The molecular formula is C27H23FN2O3S. The molecule has 34 heavy (non-hydrogen) atoms. The van der Waals surface area contributed by atoms with Crippen LogP contribution < -0.4 is 4.90 Å². The number of carbonyl (C=O) groups excluding carboxylic acids is 2. The number of hydrogen-bond acceptors (Lipinski definition) is 4. The van der Waals surface area contributed by atoms with Crippen molar-refractivity contribution in [3.05, 3.63) is 100 Å². The number of rotatable bonds is 4. The van der Waals surface area contributed by atoms with Gasteiger partial charge < -0.3 is 14.5 Å². The molecule has 2 aliphatic rings. The van der Waals surface area contributed by atoms with Gasteiger partial charge in [0.25, 0.3) is 11.8 Å². The van der Waals surface area contributed by atoms with Crippen molar-refractivity contribution in [1.82, 2.24) is 4.90 Å². The monoisotopic (exact) mass is 474 g/mol. The Morgan fingerprint density at radius 2 is 1.74 bits per heavy atom. The van der Waals surface area contributed by atoms with Gasteiger partial charge in [-0.3, -0.25) is 9.59 Å². The minimum absolute atomic E-state index is 0.0732. The number of nitrogens with zero attached hydrogens (tertiary/aromatic N) is 2. The molecule has 2 heterocycles. The Bertz CT molecular complexity index is 1240. The molecule has 0 N–H and O–H groups in total. The number of thioether (sulfide) groups is 1. The van der Waals surface area contributed by atoms with Crippen LogP contribution in [0.1, 0.15) is 21.5 Å². The minimum Gasteiger partial charge on any atom is -0.378 e. The van der Waals surface area contributed by atoms with Gasteiger partial charge in [-0.25, -0.2) is 4.39 Å². The molecule has 0 saturated carbocycles. The molecule has 2 aliphatic heterocycles. The standard InChI is InChI=1S/C27H23FN2O3S/c28-22-9-6-20(7-10-22)18-30-23-17-21(26(31)29-12-14-33-15-13-29)8-11-24(23)34-25(27(30)32)16-19-4-2-1-3-5-19/h1-11,16-17H,12-15,18H2/b25-16-. The second-order valence-corrected chi connectivity index (χ2v) is 9.21. The van der Waals surface area contributed by atoms with Gasteiger partial charge in [-0.15, -0.1) is 0 Å². The molecule has 0 aromatic heterocycles. The maximum Gasteiger partial charge on any atom is 0.265 e. The third-order valence-electron chi connectivity index (χ3n) is 5.82. The zero-order chi connectivity index (χ0) is 23.5. The maximum atomic E-state index is 13.6. The summed E-state index contributed by atoms with van der Waals surface area (Å²) >= 11 is 1.40. The molecule has 0 aliphatic carbocycles. The second kappa shape index (κ2) is 9.83. The van der Waals surface area contributed by atoms with Crippen LogP contribution in [-0.4, -0.2) is 43.0 Å². The van der Waals surface area contributed by atoms with Crippen molar-refractivity contribution in [3.8, 4) is 0 Å². The van der Waals surface area contributed by atoms with E-state index in [9.17, 15) is 14.0 Å². The summed E-state index contributed by atoms with van der Waals surface area (Å²) in [6.07, 6.45) is 1.88. The van der Waals surface area contributed by atoms with Crippen LogP contribution in [0.2, 0.25) is 0 Å². The van der Waals surface area contributed by atoms with E-state index in [2.05, 4.69) is 0 Å². The molecule has 5 nitrogen and oxygen atoms in total. The first-order valence-corrected chi connectivity index (χ1v) is 11.9. The number of carbonyl (C=O) groups is 2. The Labute approximate surface area is 201 Å². The van der Waals surface area contributed by atoms with Gasteiger partial charge in [-0.1, -0.05) is 54.2 Å². The predicted octanol–water partition coefficient (Wildman–Crippen LogP) is 4.98. The lowest BCUT2D eigenvalue weighted by atomic mass is 10.1. The summed E-state index contributed by atoms with van der Waals surface area (Å²) in [5.74, 6) is -0.551. The van der Waals surface area contributed by atoms with Crippen molar-refractivity contribution in [2.75, 3.05) is 31.2 Å². The average molecular weight is 475 g/mol. The number of ether oxygens (including phenoxy) is 1. The maximum absolute atomic E-state index is 13.6. The van der Waals surface area contributed by atoms with Crippen LogP contribution in [0.4, 0.5) is 10.1 Å². The van der Waals surface area contributed by atoms with E-state index >= 15 is 0 Å². The lowest BCUT2D eigenvalue weighted by Gasteiger charge is -2.32. The van der Waals surface area contributed by atoms with Crippen LogP contribution in [0, 0.1) is 5.82 Å². The highest BCUT2D eigenvalue weighted by molar-refractivity contribution is 8.04. The molecule has 5 rings (SSSR count). The molecule has 2 amide bonds. The molecule has 172 valence electrons. The second-order valence-electron chi connectivity index (χ2n) is 8.13. The predicted molar refractivity (Wildman–Crippen MR) is 131 cm³/mol. The lowest BCUT2D eigenvalue weighted by Crippen LogP contribution is -2.41. The number of fused-ring (bicyclic) bond motifs is 1. The van der Waals surface area contributed by atoms with E-state index in [1.807, 2.05) is 48.5 Å². The first-order valence-electron chi connectivity index (χ1n) is 11.1. The molecule has 3 aromatic carbocycles. The Morgan fingerprint density at radius 3 is 2.47 bits per heavy atom. The van der Waals surface area contributed by atoms with Crippen molar-refractivity contribution in [1.29, 1.82) is 0 Å². The fourth-order valence-electron chi connectivity index (χ4n) is 4.02. The van der Waals surface area contributed by atoms with E-state index in [4.69, 9.17) is 4.74 Å². The number of anilines is 1. The number of amides is 2. The van der Waals surface area contributed by atoms with Gasteiger partial charge in [0.1, 0.15) is 5.82 Å². The summed E-state index contributed by atoms with van der Waals surface area (Å²) < 4.78 is 18.8. The first kappa shape index (κ1) is 22.4. The van der Waals surface area contributed by atoms with Crippen LogP contribution in [0.3, 0.4) is 0 Å². The van der Waals surface area contributed by atoms with E-state index in [0.717, 1.165) is 16.0 Å². The highest BCUT2D eigenvalue weighted by Gasteiger charge is 2.31. The zero-order valence-electron chi connectivity index (χ0n) is 18.4. The quantitative estimate of drug-likeness (QED) is 0.501. The van der Waals surface area contributed by atoms with E-state index in [0.29, 0.717) is 42.5 Å². The van der Waals surface area contributed by atoms with Gasteiger partial charge in [0, 0.05) is 23.5 Å². The summed E-state index contributed by atoms with van der Waals surface area (Å²) in [4.78, 5) is 31.6. The topological polar surface area (TPSA) is 49.9 Å². The van der Waals surface area contributed by atoms with Gasteiger partial charge in [0.2, 0.25) is 0 Å². The SMILES string of the molecule is O=C(c1ccc2c(c1)N(Cc1ccc(F)cc1)C(=O)/C(=C/c1ccccc1)S2)N1CCOCC1. The van der Waals surface area contributed by atoms with Gasteiger partial charge in [-0.2, -0.15) is 0 Å². The van der Waals surface area contributed by atoms with Gasteiger partial charge >= 0.3 is 0 Å². The van der Waals surface area contributed by atoms with Crippen LogP contribution >= 0.6 is 11.8 Å². The van der Waals surface area contributed by atoms with Crippen LogP contribution in [0.15, 0.2) is 82.6 Å². The molecule has 1 fully saturated rings. The molecule has 0 radical (unpaired) electrons. The fraction of sp³-hybridized carbons (Fsp3) is 0.185. The molecule has 7 heteroatoms. The number of hydrogen-bond donors (Lipinski definition) is 0. The van der Waals surface area contributed by atoms with E-state index < -0.39 is 0 Å². The Balaban J connectivity index is 1.52. The highest BCUT2D eigenvalue weighted by Crippen LogP contribution is 2.43. The van der Waals surface area contributed by atoms with E-state index in [1.165, 1.54) is 23.9 Å². The molecule has 0 bridgehead atoms. The van der Waals surface area contributed by atoms with Crippen LogP contribution in [-0.2, 0) is 16.1 Å². The molecular weight excluding hydrogens is 451 g/mol. The van der Waals surface area contributed by atoms with Crippen molar-refractivity contribution in [2.45, 2.75) is 11.4 Å². The summed E-state index contributed by atoms with van der Waals surface area (Å²) in [6, 6.07) is 21.3. The largest absolute Gasteiger partial charge is 0.378 e. The molecule has 0 spiro atoms. The third-order valence-corrected chi connectivity index (χ3v) is 6.90. The summed E-state index contributed by atoms with van der Waals surface area (Å²) in [5.41, 5.74) is 2.96. The zero-order valence-corrected chi connectivity index (χ0v) is 19.3. The number of benzene rings is 3. The van der Waals surface area contributed by atoms with Crippen molar-refractivity contribution < 1.29 is 18.7 Å². The van der Waals surface area contributed by atoms with Gasteiger partial charge in [0.05, 0.1) is 30.4 Å². The Morgan fingerprint density at radius 1 is 1.00 bits per heavy atom. The number of morpholine rings is 1. The van der Waals surface area contributed by atoms with E-state index in [1.54, 1.807) is 28.0 Å². The lowest BCUT2D eigenvalue weighted by molar-refractivity contribution is -0.114. The smallest absolute Gasteiger partial charge is 0.265 e. The summed E-state index contributed by atoms with van der Waals surface area (Å²) in [7, 11) is 0. The first-order chi connectivity index (χ1) is 16.6. The minimum atomic E-state index is -0.326. The summed E-state index contributed by atoms with van der Waals surface area (Å²) in [5, 5.41) is 0. The third kappa shape index (κ3) is 4.76. The highest BCUT2D eigenvalue weighted by atomic mass is 32.2. The average Bonchev–Trinajstić information content (AvgIpc) is 2.88. The summed E-state index contributed by atoms with van der Waals surface area (Å²) in [6.45, 7) is 2.42. The van der Waals surface area contributed by atoms with Crippen molar-refractivity contribution in [3.63, 3.8) is 0 Å². The molecule has 0 atom stereocenters. The molecule has 0 unspecified atom stereocenters.